The van der Waals surface area contributed by atoms with Gasteiger partial charge in [0.1, 0.15) is 0 Å². The molecular weight excluding hydrogens is 406 g/mol. The molecule has 2 aromatic heterocycles. The fourth-order valence-corrected chi connectivity index (χ4v) is 4.32. The Kier molecular flexibility index (Phi) is 7.14. The van der Waals surface area contributed by atoms with Gasteiger partial charge in [-0.3, -0.25) is 4.79 Å². The number of nitrogens with one attached hydrogen (secondary N) is 1. The molecule has 3 aromatic rings. The largest absolute Gasteiger partial charge is 0.326 e. The molecule has 1 aromatic carbocycles. The SMILES string of the molecule is CCc1ccc(Cl)c(CC)c1NC(=O)CCCSc1nc2nc(C)cc(C)n2n1. The van der Waals surface area contributed by atoms with Crippen LogP contribution in [0, 0.1) is 13.8 Å². The number of hydrogen-bond donors (Lipinski definition) is 1. The molecule has 3 rings (SSSR count). The Hall–Kier alpha value is -2.12. The highest BCUT2D eigenvalue weighted by Crippen LogP contribution is 2.29. The molecule has 29 heavy (non-hydrogen) atoms. The van der Waals surface area contributed by atoms with E-state index in [1.807, 2.05) is 39.0 Å². The van der Waals surface area contributed by atoms with Gasteiger partial charge in [0.05, 0.1) is 0 Å². The molecule has 8 heteroatoms. The van der Waals surface area contributed by atoms with Crippen LogP contribution in [0.1, 0.15) is 49.2 Å². The summed E-state index contributed by atoms with van der Waals surface area (Å²) in [6.45, 7) is 8.06. The van der Waals surface area contributed by atoms with Crippen LogP contribution in [0.15, 0.2) is 23.4 Å². The van der Waals surface area contributed by atoms with Crippen molar-refractivity contribution in [2.45, 2.75) is 58.5 Å². The summed E-state index contributed by atoms with van der Waals surface area (Å²) >= 11 is 7.86. The number of thioether (sulfide) groups is 1. The Balaban J connectivity index is 1.56. The molecule has 0 radical (unpaired) electrons. The van der Waals surface area contributed by atoms with Gasteiger partial charge in [0.2, 0.25) is 11.1 Å². The maximum atomic E-state index is 12.5. The predicted molar refractivity (Wildman–Crippen MR) is 119 cm³/mol. The smallest absolute Gasteiger partial charge is 0.253 e. The summed E-state index contributed by atoms with van der Waals surface area (Å²) in [4.78, 5) is 21.3. The van der Waals surface area contributed by atoms with Crippen LogP contribution in [0.25, 0.3) is 5.78 Å². The van der Waals surface area contributed by atoms with Crippen LogP contribution in [0.5, 0.6) is 0 Å². The fraction of sp³-hybridized carbons (Fsp3) is 0.429. The number of benzene rings is 1. The molecule has 6 nitrogen and oxygen atoms in total. The second-order valence-electron chi connectivity index (χ2n) is 6.91. The molecule has 0 unspecified atom stereocenters. The van der Waals surface area contributed by atoms with E-state index < -0.39 is 0 Å². The van der Waals surface area contributed by atoms with Crippen LogP contribution in [0.2, 0.25) is 5.02 Å². The Morgan fingerprint density at radius 2 is 2.00 bits per heavy atom. The van der Waals surface area contributed by atoms with Crippen molar-refractivity contribution < 1.29 is 4.79 Å². The monoisotopic (exact) mass is 431 g/mol. The maximum Gasteiger partial charge on any atom is 0.253 e. The number of anilines is 1. The molecule has 154 valence electrons. The number of carbonyl (C=O) groups excluding carboxylic acids is 1. The lowest BCUT2D eigenvalue weighted by atomic mass is 10.0. The summed E-state index contributed by atoms with van der Waals surface area (Å²) in [6, 6.07) is 5.87. The molecule has 1 N–H and O–H groups in total. The molecule has 0 aliphatic rings. The number of aryl methyl sites for hydroxylation is 3. The summed E-state index contributed by atoms with van der Waals surface area (Å²) in [5, 5.41) is 8.95. The number of amides is 1. The van der Waals surface area contributed by atoms with Crippen LogP contribution in [0.4, 0.5) is 5.69 Å². The van der Waals surface area contributed by atoms with E-state index in [0.717, 1.165) is 53.2 Å². The molecule has 0 atom stereocenters. The topological polar surface area (TPSA) is 72.2 Å². The van der Waals surface area contributed by atoms with Gasteiger partial charge in [0.15, 0.2) is 0 Å². The molecule has 0 spiro atoms. The number of aromatic nitrogens is 4. The van der Waals surface area contributed by atoms with E-state index in [-0.39, 0.29) is 5.91 Å². The Morgan fingerprint density at radius 3 is 2.72 bits per heavy atom. The number of nitrogens with zero attached hydrogens (tertiary/aromatic N) is 4. The van der Waals surface area contributed by atoms with Crippen LogP contribution < -0.4 is 5.32 Å². The second-order valence-corrected chi connectivity index (χ2v) is 8.38. The van der Waals surface area contributed by atoms with Crippen molar-refractivity contribution in [3.63, 3.8) is 0 Å². The third-order valence-corrected chi connectivity index (χ3v) is 6.00. The summed E-state index contributed by atoms with van der Waals surface area (Å²) in [5.41, 5.74) is 4.92. The Morgan fingerprint density at radius 1 is 1.21 bits per heavy atom. The molecule has 0 fully saturated rings. The van der Waals surface area contributed by atoms with Gasteiger partial charge in [0, 0.05) is 34.3 Å². The Bertz CT molecular complexity index is 1030. The minimum atomic E-state index is 0.00774. The van der Waals surface area contributed by atoms with E-state index in [0.29, 0.717) is 22.4 Å². The average molecular weight is 432 g/mol. The van der Waals surface area contributed by atoms with Crippen molar-refractivity contribution in [2.75, 3.05) is 11.1 Å². The van der Waals surface area contributed by atoms with Gasteiger partial charge in [-0.1, -0.05) is 43.3 Å². The number of hydrogen-bond acceptors (Lipinski definition) is 5. The minimum Gasteiger partial charge on any atom is -0.326 e. The first kappa shape index (κ1) is 21.6. The lowest BCUT2D eigenvalue weighted by Crippen LogP contribution is -2.15. The van der Waals surface area contributed by atoms with E-state index in [1.165, 1.54) is 0 Å². The van der Waals surface area contributed by atoms with Gasteiger partial charge >= 0.3 is 0 Å². The summed E-state index contributed by atoms with van der Waals surface area (Å²) in [6.07, 6.45) is 2.81. The van der Waals surface area contributed by atoms with E-state index in [2.05, 4.69) is 27.3 Å². The molecular formula is C21H26ClN5OS. The predicted octanol–water partition coefficient (Wildman–Crippen LogP) is 5.03. The molecule has 0 saturated carbocycles. The van der Waals surface area contributed by atoms with E-state index in [4.69, 9.17) is 11.6 Å². The lowest BCUT2D eigenvalue weighted by Gasteiger charge is -2.16. The van der Waals surface area contributed by atoms with Gasteiger partial charge in [-0.25, -0.2) is 9.50 Å². The van der Waals surface area contributed by atoms with Crippen LogP contribution in [-0.2, 0) is 17.6 Å². The van der Waals surface area contributed by atoms with E-state index in [1.54, 1.807) is 16.3 Å². The molecule has 0 aliphatic carbocycles. The van der Waals surface area contributed by atoms with E-state index >= 15 is 0 Å². The first-order chi connectivity index (χ1) is 13.9. The molecule has 0 bridgehead atoms. The van der Waals surface area contributed by atoms with Gasteiger partial charge in [-0.05, 0) is 56.4 Å². The highest BCUT2D eigenvalue weighted by atomic mass is 35.5. The van der Waals surface area contributed by atoms with Crippen LogP contribution in [0.3, 0.4) is 0 Å². The minimum absolute atomic E-state index is 0.00774. The van der Waals surface area contributed by atoms with Crippen molar-refractivity contribution in [1.82, 2.24) is 19.6 Å². The molecule has 2 heterocycles. The molecule has 0 aliphatic heterocycles. The number of carbonyl (C=O) groups is 1. The van der Waals surface area contributed by atoms with E-state index in [9.17, 15) is 4.79 Å². The first-order valence-electron chi connectivity index (χ1n) is 9.86. The fourth-order valence-electron chi connectivity index (χ4n) is 3.27. The van der Waals surface area contributed by atoms with Crippen molar-refractivity contribution in [2.24, 2.45) is 0 Å². The highest BCUT2D eigenvalue weighted by molar-refractivity contribution is 7.99. The van der Waals surface area contributed by atoms with Gasteiger partial charge < -0.3 is 5.32 Å². The second kappa shape index (κ2) is 9.59. The lowest BCUT2D eigenvalue weighted by molar-refractivity contribution is -0.116. The number of halogens is 1. The van der Waals surface area contributed by atoms with Crippen molar-refractivity contribution in [3.8, 4) is 0 Å². The zero-order valence-corrected chi connectivity index (χ0v) is 18.8. The Labute approximate surface area is 180 Å². The van der Waals surface area contributed by atoms with Crippen molar-refractivity contribution in [3.05, 3.63) is 45.7 Å². The average Bonchev–Trinajstić information content (AvgIpc) is 3.09. The van der Waals surface area contributed by atoms with Crippen molar-refractivity contribution >= 4 is 40.7 Å². The van der Waals surface area contributed by atoms with Gasteiger partial charge in [-0.2, -0.15) is 4.98 Å². The molecule has 0 saturated heterocycles. The zero-order chi connectivity index (χ0) is 21.0. The highest BCUT2D eigenvalue weighted by Gasteiger charge is 2.13. The maximum absolute atomic E-state index is 12.5. The quantitative estimate of drug-likeness (QED) is 0.400. The standard InChI is InChI=1S/C21H26ClN5OS/c1-5-15-9-10-17(22)16(6-2)19(15)24-18(28)8-7-11-29-21-25-20-23-13(3)12-14(4)27(20)26-21/h9-10,12H,5-8,11H2,1-4H3,(H,24,28). The van der Waals surface area contributed by atoms with Crippen LogP contribution in [-0.4, -0.2) is 31.2 Å². The van der Waals surface area contributed by atoms with Gasteiger partial charge in [0.25, 0.3) is 5.78 Å². The third-order valence-electron chi connectivity index (χ3n) is 4.72. The normalized spacial score (nSPS) is 11.2. The van der Waals surface area contributed by atoms with Gasteiger partial charge in [-0.15, -0.1) is 5.10 Å². The first-order valence-corrected chi connectivity index (χ1v) is 11.2. The summed E-state index contributed by atoms with van der Waals surface area (Å²) in [7, 11) is 0. The molecule has 1 amide bonds. The summed E-state index contributed by atoms with van der Waals surface area (Å²) < 4.78 is 1.75. The third kappa shape index (κ3) is 5.08. The number of fused-ring (bicyclic) bond motifs is 1. The summed E-state index contributed by atoms with van der Waals surface area (Å²) in [5.74, 6) is 1.38. The van der Waals surface area contributed by atoms with Crippen LogP contribution >= 0.6 is 23.4 Å². The zero-order valence-electron chi connectivity index (χ0n) is 17.3. The van der Waals surface area contributed by atoms with Crippen molar-refractivity contribution in [1.29, 1.82) is 0 Å². The number of rotatable bonds is 8.